The molecule has 1 aromatic carbocycles. The molecule has 0 saturated heterocycles. The standard InChI is InChI=1S/C15H22N2O4/c1-3-4-5-6-7-11(2)16-12-8-14-15(21-10-20-14)9-13(12)17(18)19/h8-9,11,16H,3-7,10H2,1-2H3. The van der Waals surface area contributed by atoms with Crippen LogP contribution in [0.3, 0.4) is 0 Å². The first-order valence-corrected chi connectivity index (χ1v) is 7.46. The van der Waals surface area contributed by atoms with Gasteiger partial charge in [0, 0.05) is 12.1 Å². The summed E-state index contributed by atoms with van der Waals surface area (Å²) in [7, 11) is 0. The molecule has 1 unspecified atom stereocenters. The first-order chi connectivity index (χ1) is 10.1. The van der Waals surface area contributed by atoms with Crippen LogP contribution in [-0.2, 0) is 0 Å². The average molecular weight is 294 g/mol. The maximum Gasteiger partial charge on any atom is 0.296 e. The predicted molar refractivity (Wildman–Crippen MR) is 81.1 cm³/mol. The number of fused-ring (bicyclic) bond motifs is 1. The average Bonchev–Trinajstić information content (AvgIpc) is 2.89. The summed E-state index contributed by atoms with van der Waals surface area (Å²) in [6, 6.07) is 3.26. The van der Waals surface area contributed by atoms with Gasteiger partial charge in [-0.05, 0) is 13.3 Å². The molecular formula is C15H22N2O4. The maximum atomic E-state index is 11.2. The van der Waals surface area contributed by atoms with E-state index < -0.39 is 4.92 Å². The highest BCUT2D eigenvalue weighted by molar-refractivity contribution is 5.69. The van der Waals surface area contributed by atoms with Crippen LogP contribution in [0.25, 0.3) is 0 Å². The molecule has 0 aliphatic carbocycles. The number of benzene rings is 1. The first kappa shape index (κ1) is 15.4. The van der Waals surface area contributed by atoms with Crippen molar-refractivity contribution >= 4 is 11.4 Å². The van der Waals surface area contributed by atoms with Crippen LogP contribution in [0.5, 0.6) is 11.5 Å². The van der Waals surface area contributed by atoms with Gasteiger partial charge < -0.3 is 14.8 Å². The fourth-order valence-corrected chi connectivity index (χ4v) is 2.41. The van der Waals surface area contributed by atoms with E-state index in [1.54, 1.807) is 6.07 Å². The summed E-state index contributed by atoms with van der Waals surface area (Å²) >= 11 is 0. The van der Waals surface area contributed by atoms with Crippen molar-refractivity contribution in [1.29, 1.82) is 0 Å². The Morgan fingerprint density at radius 1 is 1.29 bits per heavy atom. The number of nitrogens with one attached hydrogen (secondary N) is 1. The maximum absolute atomic E-state index is 11.2. The van der Waals surface area contributed by atoms with Gasteiger partial charge in [0.25, 0.3) is 5.69 Å². The van der Waals surface area contributed by atoms with Crippen molar-refractivity contribution in [2.75, 3.05) is 12.1 Å². The van der Waals surface area contributed by atoms with Crippen molar-refractivity contribution in [2.24, 2.45) is 0 Å². The van der Waals surface area contributed by atoms with Crippen LogP contribution < -0.4 is 14.8 Å². The lowest BCUT2D eigenvalue weighted by atomic mass is 10.1. The number of rotatable bonds is 8. The Morgan fingerprint density at radius 2 is 2.00 bits per heavy atom. The molecule has 1 heterocycles. The van der Waals surface area contributed by atoms with Crippen LogP contribution in [0.15, 0.2) is 12.1 Å². The fourth-order valence-electron chi connectivity index (χ4n) is 2.41. The van der Waals surface area contributed by atoms with Gasteiger partial charge in [-0.2, -0.15) is 0 Å². The number of hydrogen-bond acceptors (Lipinski definition) is 5. The largest absolute Gasteiger partial charge is 0.454 e. The highest BCUT2D eigenvalue weighted by Crippen LogP contribution is 2.40. The topological polar surface area (TPSA) is 73.6 Å². The zero-order valence-corrected chi connectivity index (χ0v) is 12.6. The summed E-state index contributed by atoms with van der Waals surface area (Å²) in [4.78, 5) is 10.8. The second-order valence-corrected chi connectivity index (χ2v) is 5.37. The Hall–Kier alpha value is -1.98. The zero-order chi connectivity index (χ0) is 15.2. The number of anilines is 1. The summed E-state index contributed by atoms with van der Waals surface area (Å²) in [5.74, 6) is 0.990. The number of ether oxygens (including phenoxy) is 2. The van der Waals surface area contributed by atoms with E-state index in [2.05, 4.69) is 12.2 Å². The zero-order valence-electron chi connectivity index (χ0n) is 12.6. The molecule has 0 aromatic heterocycles. The van der Waals surface area contributed by atoms with E-state index >= 15 is 0 Å². The van der Waals surface area contributed by atoms with Crippen LogP contribution in [0.2, 0.25) is 0 Å². The van der Waals surface area contributed by atoms with Gasteiger partial charge in [-0.25, -0.2) is 0 Å². The normalized spacial score (nSPS) is 14.0. The highest BCUT2D eigenvalue weighted by atomic mass is 16.7. The van der Waals surface area contributed by atoms with Crippen molar-refractivity contribution < 1.29 is 14.4 Å². The lowest BCUT2D eigenvalue weighted by Crippen LogP contribution is -2.15. The first-order valence-electron chi connectivity index (χ1n) is 7.46. The summed E-state index contributed by atoms with van der Waals surface area (Å²) in [6.07, 6.45) is 5.75. The molecule has 1 aliphatic heterocycles. The second kappa shape index (κ2) is 7.15. The number of nitrogens with zero attached hydrogens (tertiary/aromatic N) is 1. The monoisotopic (exact) mass is 294 g/mol. The molecule has 0 fully saturated rings. The lowest BCUT2D eigenvalue weighted by Gasteiger charge is -2.15. The molecule has 0 spiro atoms. The quantitative estimate of drug-likeness (QED) is 0.444. The van der Waals surface area contributed by atoms with Gasteiger partial charge in [0.05, 0.1) is 11.0 Å². The van der Waals surface area contributed by atoms with E-state index in [1.807, 2.05) is 6.92 Å². The number of hydrogen-bond donors (Lipinski definition) is 1. The van der Waals surface area contributed by atoms with Crippen molar-refractivity contribution in [3.05, 3.63) is 22.2 Å². The smallest absolute Gasteiger partial charge is 0.296 e. The third-order valence-corrected chi connectivity index (χ3v) is 3.58. The minimum Gasteiger partial charge on any atom is -0.454 e. The van der Waals surface area contributed by atoms with Crippen molar-refractivity contribution in [3.8, 4) is 11.5 Å². The molecule has 1 N–H and O–H groups in total. The summed E-state index contributed by atoms with van der Waals surface area (Å²) in [6.45, 7) is 4.33. The van der Waals surface area contributed by atoms with E-state index in [0.717, 1.165) is 12.8 Å². The Labute approximate surface area is 124 Å². The van der Waals surface area contributed by atoms with Crippen molar-refractivity contribution in [1.82, 2.24) is 0 Å². The summed E-state index contributed by atoms with van der Waals surface area (Å²) in [5.41, 5.74) is 0.520. The molecule has 1 aliphatic rings. The fraction of sp³-hybridized carbons (Fsp3) is 0.600. The van der Waals surface area contributed by atoms with Gasteiger partial charge in [-0.1, -0.05) is 32.6 Å². The van der Waals surface area contributed by atoms with E-state index in [1.165, 1.54) is 25.3 Å². The number of nitro benzene ring substituents is 1. The Bertz CT molecular complexity index is 505. The van der Waals surface area contributed by atoms with Crippen LogP contribution in [0.1, 0.15) is 46.0 Å². The van der Waals surface area contributed by atoms with E-state index in [4.69, 9.17) is 9.47 Å². The molecule has 6 heteroatoms. The molecule has 1 atom stereocenters. The van der Waals surface area contributed by atoms with Gasteiger partial charge in [0.1, 0.15) is 5.69 Å². The van der Waals surface area contributed by atoms with Crippen LogP contribution in [0, 0.1) is 10.1 Å². The van der Waals surface area contributed by atoms with Gasteiger partial charge >= 0.3 is 0 Å². The number of nitro groups is 1. The molecule has 0 radical (unpaired) electrons. The molecule has 2 rings (SSSR count). The second-order valence-electron chi connectivity index (χ2n) is 5.37. The van der Waals surface area contributed by atoms with Gasteiger partial charge in [0.2, 0.25) is 6.79 Å². The van der Waals surface area contributed by atoms with Gasteiger partial charge in [-0.3, -0.25) is 10.1 Å². The molecule has 1 aromatic rings. The molecule has 6 nitrogen and oxygen atoms in total. The molecule has 21 heavy (non-hydrogen) atoms. The Morgan fingerprint density at radius 3 is 2.67 bits per heavy atom. The van der Waals surface area contributed by atoms with Crippen LogP contribution >= 0.6 is 0 Å². The minimum absolute atomic E-state index is 0.0275. The van der Waals surface area contributed by atoms with Crippen LogP contribution in [0.4, 0.5) is 11.4 Å². The number of unbranched alkanes of at least 4 members (excludes halogenated alkanes) is 3. The van der Waals surface area contributed by atoms with E-state index in [-0.39, 0.29) is 18.5 Å². The Kier molecular flexibility index (Phi) is 5.25. The van der Waals surface area contributed by atoms with Crippen LogP contribution in [-0.4, -0.2) is 17.8 Å². The molecule has 0 bridgehead atoms. The van der Waals surface area contributed by atoms with Gasteiger partial charge in [0.15, 0.2) is 11.5 Å². The highest BCUT2D eigenvalue weighted by Gasteiger charge is 2.24. The Balaban J connectivity index is 2.03. The minimum atomic E-state index is -0.395. The van der Waals surface area contributed by atoms with Crippen molar-refractivity contribution in [2.45, 2.75) is 52.0 Å². The third kappa shape index (κ3) is 4.00. The van der Waals surface area contributed by atoms with E-state index in [9.17, 15) is 10.1 Å². The van der Waals surface area contributed by atoms with Gasteiger partial charge in [-0.15, -0.1) is 0 Å². The summed E-state index contributed by atoms with van der Waals surface area (Å²) < 4.78 is 10.5. The van der Waals surface area contributed by atoms with Crippen molar-refractivity contribution in [3.63, 3.8) is 0 Å². The predicted octanol–water partition coefficient (Wildman–Crippen LogP) is 4.09. The molecular weight excluding hydrogens is 272 g/mol. The lowest BCUT2D eigenvalue weighted by molar-refractivity contribution is -0.384. The molecule has 0 amide bonds. The summed E-state index contributed by atoms with van der Waals surface area (Å²) in [5, 5.41) is 14.4. The molecule has 0 saturated carbocycles. The SMILES string of the molecule is CCCCCCC(C)Nc1cc2c(cc1[N+](=O)[O-])OCO2. The third-order valence-electron chi connectivity index (χ3n) is 3.58. The molecule has 116 valence electrons. The van der Waals surface area contributed by atoms with E-state index in [0.29, 0.717) is 17.2 Å².